The second-order valence-electron chi connectivity index (χ2n) is 2.78. The molecule has 0 bridgehead atoms. The van der Waals surface area contributed by atoms with Crippen LogP contribution in [-0.4, -0.2) is 30.3 Å². The van der Waals surface area contributed by atoms with Gasteiger partial charge in [-0.05, 0) is 12.8 Å². The molecule has 0 aliphatic carbocycles. The van der Waals surface area contributed by atoms with Gasteiger partial charge in [-0.25, -0.2) is 0 Å². The lowest BCUT2D eigenvalue weighted by atomic mass is 9.98. The third kappa shape index (κ3) is 1.93. The van der Waals surface area contributed by atoms with Crippen LogP contribution < -0.4 is 5.73 Å². The number of amides is 2. The van der Waals surface area contributed by atoms with Crippen molar-refractivity contribution in [2.75, 3.05) is 13.1 Å². The number of likely N-dealkylation sites (tertiary alicyclic amines) is 1. The van der Waals surface area contributed by atoms with E-state index in [0.717, 1.165) is 12.8 Å². The largest absolute Gasteiger partial charge is 0.369 e. The summed E-state index contributed by atoms with van der Waals surface area (Å²) < 4.78 is 0. The molecule has 1 atom stereocenters. The Bertz CT molecular complexity index is 170. The summed E-state index contributed by atoms with van der Waals surface area (Å²) in [6.07, 6.45) is 3.41. The first-order chi connectivity index (χ1) is 5.24. The third-order valence-electron chi connectivity index (χ3n) is 1.95. The van der Waals surface area contributed by atoms with Crippen LogP contribution in [0.2, 0.25) is 0 Å². The average Bonchev–Trinajstić information content (AvgIpc) is 2.05. The van der Waals surface area contributed by atoms with E-state index in [1.807, 2.05) is 0 Å². The second-order valence-corrected chi connectivity index (χ2v) is 2.78. The average molecular weight is 155 g/mol. The van der Waals surface area contributed by atoms with Crippen LogP contribution in [0.1, 0.15) is 12.8 Å². The first kappa shape index (κ1) is 8.04. The molecule has 1 radical (unpaired) electrons. The van der Waals surface area contributed by atoms with E-state index in [9.17, 15) is 9.59 Å². The van der Waals surface area contributed by atoms with E-state index in [1.165, 1.54) is 4.90 Å². The molecular weight excluding hydrogens is 144 g/mol. The van der Waals surface area contributed by atoms with Crippen molar-refractivity contribution < 1.29 is 9.59 Å². The van der Waals surface area contributed by atoms with Crippen molar-refractivity contribution in [1.29, 1.82) is 0 Å². The SMILES string of the molecule is NC(=O)C1CCCN([C]=O)C1. The fraction of sp³-hybridized carbons (Fsp3) is 0.714. The van der Waals surface area contributed by atoms with Crippen LogP contribution in [0.25, 0.3) is 0 Å². The van der Waals surface area contributed by atoms with Crippen molar-refractivity contribution in [3.8, 4) is 0 Å². The van der Waals surface area contributed by atoms with Gasteiger partial charge in [-0.2, -0.15) is 0 Å². The molecule has 2 amide bonds. The molecule has 1 rings (SSSR count). The van der Waals surface area contributed by atoms with Crippen LogP contribution >= 0.6 is 0 Å². The van der Waals surface area contributed by atoms with E-state index in [1.54, 1.807) is 6.41 Å². The predicted molar refractivity (Wildman–Crippen MR) is 39.2 cm³/mol. The summed E-state index contributed by atoms with van der Waals surface area (Å²) in [7, 11) is 0. The number of carbonyl (C=O) groups excluding carboxylic acids is 2. The Labute approximate surface area is 65.3 Å². The van der Waals surface area contributed by atoms with E-state index < -0.39 is 0 Å². The molecule has 1 unspecified atom stereocenters. The van der Waals surface area contributed by atoms with Crippen molar-refractivity contribution in [2.45, 2.75) is 12.8 Å². The van der Waals surface area contributed by atoms with Crippen LogP contribution in [0.4, 0.5) is 0 Å². The lowest BCUT2D eigenvalue weighted by Crippen LogP contribution is -2.40. The van der Waals surface area contributed by atoms with Crippen LogP contribution in [0, 0.1) is 5.92 Å². The Morgan fingerprint density at radius 2 is 2.36 bits per heavy atom. The molecule has 0 aromatic rings. The van der Waals surface area contributed by atoms with E-state index in [4.69, 9.17) is 5.73 Å². The second kappa shape index (κ2) is 3.37. The van der Waals surface area contributed by atoms with Gasteiger partial charge in [-0.3, -0.25) is 9.59 Å². The lowest BCUT2D eigenvalue weighted by Gasteiger charge is -2.26. The number of rotatable bonds is 2. The molecule has 4 heteroatoms. The quantitative estimate of drug-likeness (QED) is 0.570. The van der Waals surface area contributed by atoms with Gasteiger partial charge in [-0.1, -0.05) is 0 Å². The standard InChI is InChI=1S/C7H11N2O2/c8-7(11)6-2-1-3-9(4-6)5-10/h6H,1-4H2,(H2,8,11). The summed E-state index contributed by atoms with van der Waals surface area (Å²) in [5, 5.41) is 0. The molecule has 1 aliphatic rings. The number of carbonyl (C=O) groups is 1. The zero-order chi connectivity index (χ0) is 8.27. The maximum Gasteiger partial charge on any atom is 0.312 e. The van der Waals surface area contributed by atoms with E-state index in [-0.39, 0.29) is 11.8 Å². The van der Waals surface area contributed by atoms with Gasteiger partial charge in [0.15, 0.2) is 0 Å². The van der Waals surface area contributed by atoms with Crippen molar-refractivity contribution in [3.63, 3.8) is 0 Å². The molecule has 61 valence electrons. The minimum Gasteiger partial charge on any atom is -0.369 e. The first-order valence-electron chi connectivity index (χ1n) is 3.66. The Morgan fingerprint density at radius 3 is 2.91 bits per heavy atom. The molecule has 0 aromatic heterocycles. The Kier molecular flexibility index (Phi) is 2.46. The molecule has 1 fully saturated rings. The highest BCUT2D eigenvalue weighted by atomic mass is 16.1. The van der Waals surface area contributed by atoms with Crippen LogP contribution in [0.5, 0.6) is 0 Å². The van der Waals surface area contributed by atoms with E-state index >= 15 is 0 Å². The molecule has 11 heavy (non-hydrogen) atoms. The number of nitrogens with two attached hydrogens (primary N) is 1. The minimum absolute atomic E-state index is 0.162. The maximum absolute atomic E-state index is 10.7. The molecule has 0 spiro atoms. The first-order valence-corrected chi connectivity index (χ1v) is 3.66. The molecule has 1 aliphatic heterocycles. The summed E-state index contributed by atoms with van der Waals surface area (Å²) in [5.41, 5.74) is 5.09. The third-order valence-corrected chi connectivity index (χ3v) is 1.95. The number of piperidine rings is 1. The van der Waals surface area contributed by atoms with Gasteiger partial charge in [0.2, 0.25) is 5.91 Å². The van der Waals surface area contributed by atoms with Gasteiger partial charge < -0.3 is 10.6 Å². The van der Waals surface area contributed by atoms with Gasteiger partial charge in [-0.15, -0.1) is 0 Å². The Balaban J connectivity index is 2.45. The van der Waals surface area contributed by atoms with Crippen molar-refractivity contribution in [3.05, 3.63) is 0 Å². The Morgan fingerprint density at radius 1 is 1.64 bits per heavy atom. The van der Waals surface area contributed by atoms with Crippen molar-refractivity contribution >= 4 is 12.3 Å². The van der Waals surface area contributed by atoms with Gasteiger partial charge in [0.1, 0.15) is 0 Å². The molecule has 2 N–H and O–H groups in total. The van der Waals surface area contributed by atoms with Gasteiger partial charge in [0.25, 0.3) is 0 Å². The topological polar surface area (TPSA) is 63.4 Å². The molecule has 4 nitrogen and oxygen atoms in total. The molecule has 0 aromatic carbocycles. The fourth-order valence-electron chi connectivity index (χ4n) is 1.29. The van der Waals surface area contributed by atoms with E-state index in [0.29, 0.717) is 13.1 Å². The van der Waals surface area contributed by atoms with Crippen molar-refractivity contribution in [1.82, 2.24) is 4.90 Å². The predicted octanol–water partition coefficient (Wildman–Crippen LogP) is -0.749. The van der Waals surface area contributed by atoms with Gasteiger partial charge in [0.05, 0.1) is 5.92 Å². The molecular formula is C7H11N2O2. The lowest BCUT2D eigenvalue weighted by molar-refractivity contribution is -0.122. The normalized spacial score (nSPS) is 24.7. The zero-order valence-corrected chi connectivity index (χ0v) is 6.25. The molecule has 0 saturated carbocycles. The maximum atomic E-state index is 10.7. The van der Waals surface area contributed by atoms with Gasteiger partial charge >= 0.3 is 6.41 Å². The molecule has 1 saturated heterocycles. The van der Waals surface area contributed by atoms with E-state index in [2.05, 4.69) is 0 Å². The minimum atomic E-state index is -0.315. The highest BCUT2D eigenvalue weighted by Gasteiger charge is 2.22. The summed E-state index contributed by atoms with van der Waals surface area (Å²) in [6.45, 7) is 1.14. The smallest absolute Gasteiger partial charge is 0.312 e. The zero-order valence-electron chi connectivity index (χ0n) is 6.25. The summed E-state index contributed by atoms with van der Waals surface area (Å²) >= 11 is 0. The summed E-state index contributed by atoms with van der Waals surface area (Å²) in [4.78, 5) is 22.3. The molecule has 1 heterocycles. The van der Waals surface area contributed by atoms with Crippen molar-refractivity contribution in [2.24, 2.45) is 11.7 Å². The van der Waals surface area contributed by atoms with Crippen LogP contribution in [-0.2, 0) is 9.59 Å². The number of nitrogens with zero attached hydrogens (tertiary/aromatic N) is 1. The van der Waals surface area contributed by atoms with Crippen LogP contribution in [0.3, 0.4) is 0 Å². The fourth-order valence-corrected chi connectivity index (χ4v) is 1.29. The Hall–Kier alpha value is -1.06. The highest BCUT2D eigenvalue weighted by Crippen LogP contribution is 2.13. The highest BCUT2D eigenvalue weighted by molar-refractivity contribution is 5.77. The summed E-state index contributed by atoms with van der Waals surface area (Å²) in [6, 6.07) is 0. The summed E-state index contributed by atoms with van der Waals surface area (Å²) in [5.74, 6) is -0.477. The van der Waals surface area contributed by atoms with Crippen LogP contribution in [0.15, 0.2) is 0 Å². The van der Waals surface area contributed by atoms with Gasteiger partial charge in [0, 0.05) is 13.1 Å². The number of hydrogen-bond acceptors (Lipinski definition) is 2. The number of primary amides is 1. The number of hydrogen-bond donors (Lipinski definition) is 1. The monoisotopic (exact) mass is 155 g/mol.